The van der Waals surface area contributed by atoms with Gasteiger partial charge in [0.2, 0.25) is 0 Å². The Hall–Kier alpha value is -2.11. The number of benzene rings is 2. The maximum atomic E-state index is 12.9. The van der Waals surface area contributed by atoms with E-state index in [2.05, 4.69) is 23.5 Å². The van der Waals surface area contributed by atoms with Crippen LogP contribution < -0.4 is 10.1 Å². The summed E-state index contributed by atoms with van der Waals surface area (Å²) in [5.41, 5.74) is 2.60. The third kappa shape index (κ3) is 3.19. The molecule has 6 heteroatoms. The van der Waals surface area contributed by atoms with Crippen molar-refractivity contribution in [1.82, 2.24) is 9.88 Å². The highest BCUT2D eigenvalue weighted by atomic mass is 35.5. The number of fused-ring (bicyclic) bond motifs is 2. The van der Waals surface area contributed by atoms with Gasteiger partial charge >= 0.3 is 0 Å². The van der Waals surface area contributed by atoms with E-state index in [9.17, 15) is 4.79 Å². The molecule has 0 spiro atoms. The van der Waals surface area contributed by atoms with E-state index < -0.39 is 0 Å². The lowest BCUT2D eigenvalue weighted by molar-refractivity contribution is 0.0922. The summed E-state index contributed by atoms with van der Waals surface area (Å²) in [5, 5.41) is 5.54. The molecule has 1 aliphatic heterocycles. The van der Waals surface area contributed by atoms with E-state index in [0.717, 1.165) is 27.5 Å². The number of amides is 1. The second-order valence-corrected chi connectivity index (χ2v) is 8.96. The van der Waals surface area contributed by atoms with Crippen LogP contribution in [0.25, 0.3) is 10.9 Å². The van der Waals surface area contributed by atoms with Crippen molar-refractivity contribution < 1.29 is 9.53 Å². The molecular formula is C21H19ClN2O2S. The van der Waals surface area contributed by atoms with Crippen molar-refractivity contribution >= 4 is 40.2 Å². The van der Waals surface area contributed by atoms with Gasteiger partial charge in [0.15, 0.2) is 0 Å². The zero-order chi connectivity index (χ0) is 18.5. The molecule has 3 aromatic rings. The average Bonchev–Trinajstić information content (AvgIpc) is 3.30. The maximum absolute atomic E-state index is 12.9. The molecule has 1 unspecified atom stereocenters. The van der Waals surface area contributed by atoms with Crippen molar-refractivity contribution in [3.05, 3.63) is 58.7 Å². The fourth-order valence-electron chi connectivity index (χ4n) is 3.51. The van der Waals surface area contributed by atoms with Gasteiger partial charge in [-0.25, -0.2) is 0 Å². The number of carbonyl (C=O) groups is 1. The van der Waals surface area contributed by atoms with Crippen LogP contribution in [0.3, 0.4) is 0 Å². The lowest BCUT2D eigenvalue weighted by Gasteiger charge is -2.12. The van der Waals surface area contributed by atoms with Crippen molar-refractivity contribution in [2.75, 3.05) is 6.61 Å². The molecule has 4 nitrogen and oxygen atoms in total. The third-order valence-corrected chi connectivity index (χ3v) is 6.70. The minimum absolute atomic E-state index is 0.109. The average molecular weight is 399 g/mol. The van der Waals surface area contributed by atoms with Crippen molar-refractivity contribution in [2.45, 2.75) is 29.0 Å². The molecular weight excluding hydrogens is 380 g/mol. The van der Waals surface area contributed by atoms with Gasteiger partial charge in [-0.3, -0.25) is 4.79 Å². The van der Waals surface area contributed by atoms with Crippen molar-refractivity contribution in [3.8, 4) is 5.75 Å². The highest BCUT2D eigenvalue weighted by Crippen LogP contribution is 2.42. The number of hydrogen-bond donors (Lipinski definition) is 1. The number of aromatic nitrogens is 1. The Morgan fingerprint density at radius 1 is 1.22 bits per heavy atom. The van der Waals surface area contributed by atoms with E-state index in [4.69, 9.17) is 16.3 Å². The van der Waals surface area contributed by atoms with Crippen LogP contribution in [0.15, 0.2) is 47.4 Å². The number of nitrogens with one attached hydrogen (secondary N) is 1. The number of thioether (sulfide) groups is 1. The van der Waals surface area contributed by atoms with Gasteiger partial charge in [-0.1, -0.05) is 23.7 Å². The molecule has 0 bridgehead atoms. The largest absolute Gasteiger partial charge is 0.491 e. The summed E-state index contributed by atoms with van der Waals surface area (Å²) in [6.45, 7) is 0.467. The molecule has 2 aliphatic rings. The summed E-state index contributed by atoms with van der Waals surface area (Å²) >= 11 is 8.00. The molecule has 5 rings (SSSR count). The molecule has 0 radical (unpaired) electrons. The number of hydrogen-bond acceptors (Lipinski definition) is 3. The first kappa shape index (κ1) is 17.0. The second kappa shape index (κ2) is 6.50. The number of halogens is 1. The normalized spacial score (nSPS) is 18.4. The number of ether oxygens (including phenoxy) is 1. The molecule has 0 saturated heterocycles. The van der Waals surface area contributed by atoms with Crippen LogP contribution in [0.4, 0.5) is 0 Å². The minimum Gasteiger partial charge on any atom is -0.491 e. The lowest BCUT2D eigenvalue weighted by Crippen LogP contribution is -2.30. The van der Waals surface area contributed by atoms with Gasteiger partial charge in [0.25, 0.3) is 5.91 Å². The van der Waals surface area contributed by atoms with E-state index >= 15 is 0 Å². The summed E-state index contributed by atoms with van der Waals surface area (Å²) in [5.74, 6) is 0.775. The van der Waals surface area contributed by atoms with Gasteiger partial charge in [0.1, 0.15) is 18.1 Å². The molecule has 138 valence electrons. The Bertz CT molecular complexity index is 1060. The van der Waals surface area contributed by atoms with Gasteiger partial charge in [-0.2, -0.15) is 0 Å². The predicted molar refractivity (Wildman–Crippen MR) is 109 cm³/mol. The Morgan fingerprint density at radius 3 is 2.89 bits per heavy atom. The van der Waals surface area contributed by atoms with Crippen LogP contribution in [0.2, 0.25) is 5.02 Å². The summed E-state index contributed by atoms with van der Waals surface area (Å²) < 4.78 is 7.72. The monoisotopic (exact) mass is 398 g/mol. The molecule has 1 aliphatic carbocycles. The standard InChI is InChI=1S/C21H19ClN2O2S/c1-24-18-9-13(22)3-2-12(18)8-19(24)21(25)23-17-11-26-20-10-15(6-7-16(17)20)27-14-4-5-14/h2-3,6-10,14,17H,4-5,11H2,1H3,(H,23,25). The Labute approximate surface area is 166 Å². The first-order valence-corrected chi connectivity index (χ1v) is 10.3. The minimum atomic E-state index is -0.130. The fourth-order valence-corrected chi connectivity index (χ4v) is 4.76. The lowest BCUT2D eigenvalue weighted by atomic mass is 10.1. The molecule has 2 aromatic carbocycles. The first-order chi connectivity index (χ1) is 13.1. The van der Waals surface area contributed by atoms with Gasteiger partial charge in [0.05, 0.1) is 6.04 Å². The van der Waals surface area contributed by atoms with Crippen LogP contribution in [0.1, 0.15) is 34.9 Å². The molecule has 1 fully saturated rings. The maximum Gasteiger partial charge on any atom is 0.268 e. The van der Waals surface area contributed by atoms with Crippen molar-refractivity contribution in [2.24, 2.45) is 7.05 Å². The summed E-state index contributed by atoms with van der Waals surface area (Å²) in [4.78, 5) is 14.1. The Balaban J connectivity index is 1.37. The molecule has 1 atom stereocenters. The van der Waals surface area contributed by atoms with Crippen LogP contribution in [-0.4, -0.2) is 22.3 Å². The van der Waals surface area contributed by atoms with Gasteiger partial charge in [-0.05, 0) is 43.2 Å². The molecule has 1 saturated carbocycles. The Kier molecular flexibility index (Phi) is 4.10. The number of nitrogens with zero attached hydrogens (tertiary/aromatic N) is 1. The van der Waals surface area contributed by atoms with Gasteiger partial charge in [-0.15, -0.1) is 11.8 Å². The summed E-state index contributed by atoms with van der Waals surface area (Å²) in [7, 11) is 1.88. The molecule has 2 heterocycles. The number of carbonyl (C=O) groups excluding carboxylic acids is 1. The van der Waals surface area contributed by atoms with Crippen LogP contribution in [0.5, 0.6) is 5.75 Å². The van der Waals surface area contributed by atoms with E-state index in [1.54, 1.807) is 0 Å². The van der Waals surface area contributed by atoms with E-state index in [1.807, 2.05) is 47.6 Å². The van der Waals surface area contributed by atoms with Gasteiger partial charge in [0, 0.05) is 38.7 Å². The zero-order valence-corrected chi connectivity index (χ0v) is 16.4. The predicted octanol–water partition coefficient (Wildman–Crippen LogP) is 4.95. The zero-order valence-electron chi connectivity index (χ0n) is 14.9. The van der Waals surface area contributed by atoms with E-state index in [-0.39, 0.29) is 11.9 Å². The van der Waals surface area contributed by atoms with Crippen molar-refractivity contribution in [3.63, 3.8) is 0 Å². The molecule has 1 aromatic heterocycles. The highest BCUT2D eigenvalue weighted by Gasteiger charge is 2.28. The summed E-state index contributed by atoms with van der Waals surface area (Å²) in [6, 6.07) is 13.7. The molecule has 1 N–H and O–H groups in total. The number of rotatable bonds is 4. The fraction of sp³-hybridized carbons (Fsp3) is 0.286. The molecule has 27 heavy (non-hydrogen) atoms. The van der Waals surface area contributed by atoms with Crippen molar-refractivity contribution in [1.29, 1.82) is 0 Å². The quantitative estimate of drug-likeness (QED) is 0.676. The van der Waals surface area contributed by atoms with Crippen LogP contribution in [0, 0.1) is 0 Å². The van der Waals surface area contributed by atoms with Gasteiger partial charge < -0.3 is 14.6 Å². The second-order valence-electron chi connectivity index (χ2n) is 7.15. The smallest absolute Gasteiger partial charge is 0.268 e. The molecule has 1 amide bonds. The SMILES string of the molecule is Cn1c(C(=O)NC2COc3cc(SC4CC4)ccc32)cc2ccc(Cl)cc21. The number of aryl methyl sites for hydroxylation is 1. The first-order valence-electron chi connectivity index (χ1n) is 9.08. The highest BCUT2D eigenvalue weighted by molar-refractivity contribution is 8.00. The van der Waals surface area contributed by atoms with E-state index in [1.165, 1.54) is 17.7 Å². The van der Waals surface area contributed by atoms with Crippen LogP contribution >= 0.6 is 23.4 Å². The van der Waals surface area contributed by atoms with Crippen LogP contribution in [-0.2, 0) is 7.05 Å². The van der Waals surface area contributed by atoms with E-state index in [0.29, 0.717) is 17.3 Å². The summed E-state index contributed by atoms with van der Waals surface area (Å²) in [6.07, 6.45) is 2.61. The topological polar surface area (TPSA) is 43.3 Å². The Morgan fingerprint density at radius 2 is 2.07 bits per heavy atom. The third-order valence-electron chi connectivity index (χ3n) is 5.14.